The molecule has 0 amide bonds. The van der Waals surface area contributed by atoms with E-state index >= 15 is 0 Å². The van der Waals surface area contributed by atoms with Crippen LogP contribution in [0.15, 0.2) is 0 Å². The average molecular weight is 304 g/mol. The molecule has 6 rings (SSSR count). The Morgan fingerprint density at radius 3 is 1.55 bits per heavy atom. The minimum Gasteiger partial charge on any atom is -0.469 e. The summed E-state index contributed by atoms with van der Waals surface area (Å²) in [6, 6.07) is 0. The molecule has 0 aromatic heterocycles. The van der Waals surface area contributed by atoms with Crippen molar-refractivity contribution in [3.8, 4) is 0 Å². The van der Waals surface area contributed by atoms with Crippen molar-refractivity contribution in [1.82, 2.24) is 0 Å². The lowest BCUT2D eigenvalue weighted by Gasteiger charge is -2.50. The number of methoxy groups -OCH3 is 2. The fourth-order valence-corrected chi connectivity index (χ4v) is 7.70. The molecule has 6 aliphatic rings. The lowest BCUT2D eigenvalue weighted by atomic mass is 9.49. The molecule has 0 radical (unpaired) electrons. The van der Waals surface area contributed by atoms with Gasteiger partial charge in [-0.3, -0.25) is 19.2 Å². The highest BCUT2D eigenvalue weighted by atomic mass is 16.5. The molecule has 0 unspecified atom stereocenters. The van der Waals surface area contributed by atoms with Crippen LogP contribution < -0.4 is 0 Å². The summed E-state index contributed by atoms with van der Waals surface area (Å²) in [5.41, 5.74) is -2.30. The van der Waals surface area contributed by atoms with Crippen molar-refractivity contribution in [1.29, 1.82) is 0 Å². The molecule has 0 aromatic carbocycles. The van der Waals surface area contributed by atoms with Crippen molar-refractivity contribution in [3.63, 3.8) is 0 Å². The molecule has 0 heterocycles. The van der Waals surface area contributed by atoms with Gasteiger partial charge in [0.15, 0.2) is 0 Å². The van der Waals surface area contributed by atoms with Crippen LogP contribution in [0.2, 0.25) is 0 Å². The number of rotatable bonds is 2. The molecule has 0 saturated heterocycles. The number of ether oxygens (including phenoxy) is 2. The maximum atomic E-state index is 12.8. The molecule has 0 spiro atoms. The van der Waals surface area contributed by atoms with Gasteiger partial charge in [0, 0.05) is 24.7 Å². The summed E-state index contributed by atoms with van der Waals surface area (Å²) in [6.45, 7) is 0. The Morgan fingerprint density at radius 1 is 0.864 bits per heavy atom. The van der Waals surface area contributed by atoms with Crippen molar-refractivity contribution in [2.24, 2.45) is 46.3 Å². The van der Waals surface area contributed by atoms with Gasteiger partial charge in [0.1, 0.15) is 11.6 Å². The fourth-order valence-electron chi connectivity index (χ4n) is 7.70. The van der Waals surface area contributed by atoms with Crippen LogP contribution in [0, 0.1) is 46.3 Å². The van der Waals surface area contributed by atoms with Crippen LogP contribution in [0.3, 0.4) is 0 Å². The Hall–Kier alpha value is -1.72. The molecule has 0 aromatic rings. The second kappa shape index (κ2) is 3.29. The number of ketones is 2. The highest BCUT2D eigenvalue weighted by Gasteiger charge is 2.99. The van der Waals surface area contributed by atoms with Gasteiger partial charge >= 0.3 is 11.9 Å². The zero-order chi connectivity index (χ0) is 15.6. The Morgan fingerprint density at radius 2 is 1.23 bits per heavy atom. The van der Waals surface area contributed by atoms with Gasteiger partial charge in [-0.05, 0) is 23.7 Å². The van der Waals surface area contributed by atoms with E-state index in [1.165, 1.54) is 14.2 Å². The summed E-state index contributed by atoms with van der Waals surface area (Å²) in [6.07, 6.45) is 0.576. The van der Waals surface area contributed by atoms with Gasteiger partial charge in [-0.15, -0.1) is 0 Å². The molecule has 0 N–H and O–H groups in total. The van der Waals surface area contributed by atoms with E-state index in [2.05, 4.69) is 0 Å². The van der Waals surface area contributed by atoms with E-state index in [-0.39, 0.29) is 48.1 Å². The molecule has 8 bridgehead atoms. The van der Waals surface area contributed by atoms with Crippen LogP contribution >= 0.6 is 0 Å². The topological polar surface area (TPSA) is 86.7 Å². The number of carbonyl (C=O) groups excluding carboxylic acids is 4. The van der Waals surface area contributed by atoms with Crippen molar-refractivity contribution in [3.05, 3.63) is 0 Å². The first-order valence-electron chi connectivity index (χ1n) is 7.71. The van der Waals surface area contributed by atoms with Crippen molar-refractivity contribution >= 4 is 23.5 Å². The smallest absolute Gasteiger partial charge is 0.314 e. The first-order chi connectivity index (χ1) is 10.5. The molecule has 6 heteroatoms. The van der Waals surface area contributed by atoms with Gasteiger partial charge in [0.05, 0.1) is 25.0 Å². The molecule has 6 fully saturated rings. The van der Waals surface area contributed by atoms with Gasteiger partial charge in [0.25, 0.3) is 0 Å². The first-order valence-corrected chi connectivity index (χ1v) is 7.71. The number of esters is 2. The number of hydrogen-bond acceptors (Lipinski definition) is 6. The third kappa shape index (κ3) is 0.787. The van der Waals surface area contributed by atoms with Crippen molar-refractivity contribution in [2.45, 2.75) is 12.8 Å². The molecule has 116 valence electrons. The standard InChI is InChI=1S/C16H16O6/c1-21-13(19)15-5-3-8(18)12-9(5)10-6(4-7(17)11(10)15)16(12,15)14(20)22-2/h5-6,9-12H,3-4H2,1-2H3/t5-,6-,9-,10+,11-,12+,15+,16+/m0/s1. The van der Waals surface area contributed by atoms with Crippen LogP contribution in [0.1, 0.15) is 12.8 Å². The number of Topliss-reactive ketones (excluding diaryl/α,β-unsaturated/α-hetero) is 2. The molecule has 0 aliphatic heterocycles. The monoisotopic (exact) mass is 304 g/mol. The molecular formula is C16H16O6. The Kier molecular flexibility index (Phi) is 1.91. The zero-order valence-corrected chi connectivity index (χ0v) is 12.3. The quantitative estimate of drug-likeness (QED) is 0.667. The third-order valence-electron chi connectivity index (χ3n) is 7.56. The second-order valence-electron chi connectivity index (χ2n) is 7.39. The Balaban J connectivity index is 1.85. The molecule has 6 saturated carbocycles. The predicted molar refractivity (Wildman–Crippen MR) is 69.1 cm³/mol. The van der Waals surface area contributed by atoms with Crippen LogP contribution in [-0.4, -0.2) is 37.7 Å². The Bertz CT molecular complexity index is 624. The second-order valence-corrected chi connectivity index (χ2v) is 7.39. The fraction of sp³-hybridized carbons (Fsp3) is 0.750. The van der Waals surface area contributed by atoms with Gasteiger partial charge in [0.2, 0.25) is 0 Å². The van der Waals surface area contributed by atoms with Crippen LogP contribution in [0.4, 0.5) is 0 Å². The van der Waals surface area contributed by atoms with E-state index in [0.717, 1.165) is 0 Å². The first kappa shape index (κ1) is 12.8. The highest BCUT2D eigenvalue weighted by molar-refractivity contribution is 6.08. The summed E-state index contributed by atoms with van der Waals surface area (Å²) in [5.74, 6) is -2.29. The van der Waals surface area contributed by atoms with Crippen LogP contribution in [0.25, 0.3) is 0 Å². The maximum absolute atomic E-state index is 12.8. The molecule has 6 nitrogen and oxygen atoms in total. The number of hydrogen-bond donors (Lipinski definition) is 0. The van der Waals surface area contributed by atoms with Gasteiger partial charge in [-0.25, -0.2) is 0 Å². The predicted octanol–water partition coefficient (Wildman–Crippen LogP) is -0.0112. The molecule has 6 aliphatic carbocycles. The van der Waals surface area contributed by atoms with Crippen molar-refractivity contribution < 1.29 is 28.7 Å². The van der Waals surface area contributed by atoms with Gasteiger partial charge < -0.3 is 9.47 Å². The van der Waals surface area contributed by atoms with Crippen LogP contribution in [0.5, 0.6) is 0 Å². The zero-order valence-electron chi connectivity index (χ0n) is 12.3. The van der Waals surface area contributed by atoms with Gasteiger partial charge in [-0.1, -0.05) is 0 Å². The average Bonchev–Trinajstić information content (AvgIpc) is 3.25. The third-order valence-corrected chi connectivity index (χ3v) is 7.56. The SMILES string of the molecule is COC(=O)[C@]12[C@@H]3C(=O)C[C@H]4[C@H]3[C@H]3[C@@H]1CC(=O)[C@@H]3[C@@]42C(=O)OC. The molecule has 22 heavy (non-hydrogen) atoms. The van der Waals surface area contributed by atoms with E-state index in [1.807, 2.05) is 0 Å². The summed E-state index contributed by atoms with van der Waals surface area (Å²) in [5, 5.41) is 0. The van der Waals surface area contributed by atoms with E-state index < -0.39 is 34.6 Å². The van der Waals surface area contributed by atoms with E-state index in [0.29, 0.717) is 0 Å². The van der Waals surface area contributed by atoms with E-state index in [1.54, 1.807) is 0 Å². The Labute approximate surface area is 126 Å². The molecular weight excluding hydrogens is 288 g/mol. The lowest BCUT2D eigenvalue weighted by molar-refractivity contribution is -0.194. The van der Waals surface area contributed by atoms with Gasteiger partial charge in [-0.2, -0.15) is 0 Å². The number of carbonyl (C=O) groups is 4. The van der Waals surface area contributed by atoms with E-state index in [4.69, 9.17) is 9.47 Å². The normalized spacial score (nSPS) is 55.4. The lowest BCUT2D eigenvalue weighted by Crippen LogP contribution is -2.63. The molecule has 8 atom stereocenters. The minimum atomic E-state index is -1.15. The maximum Gasteiger partial charge on any atom is 0.314 e. The summed E-state index contributed by atoms with van der Waals surface area (Å²) in [4.78, 5) is 50.5. The minimum absolute atomic E-state index is 0.0212. The summed E-state index contributed by atoms with van der Waals surface area (Å²) >= 11 is 0. The van der Waals surface area contributed by atoms with Crippen molar-refractivity contribution in [2.75, 3.05) is 14.2 Å². The highest BCUT2D eigenvalue weighted by Crippen LogP contribution is 2.91. The van der Waals surface area contributed by atoms with E-state index in [9.17, 15) is 19.2 Å². The largest absolute Gasteiger partial charge is 0.469 e. The summed E-state index contributed by atoms with van der Waals surface area (Å²) < 4.78 is 10.1. The van der Waals surface area contributed by atoms with Crippen LogP contribution in [-0.2, 0) is 28.7 Å². The summed E-state index contributed by atoms with van der Waals surface area (Å²) in [7, 11) is 2.58.